The Hall–Kier alpha value is -3.13. The van der Waals surface area contributed by atoms with Gasteiger partial charge in [-0.15, -0.1) is 11.3 Å². The molecule has 0 fully saturated rings. The molecule has 8 heteroatoms. The van der Waals surface area contributed by atoms with Crippen LogP contribution in [0.4, 0.5) is 4.39 Å². The molecule has 0 aliphatic heterocycles. The van der Waals surface area contributed by atoms with Gasteiger partial charge in [0.2, 0.25) is 5.75 Å². The highest BCUT2D eigenvalue weighted by Crippen LogP contribution is 2.40. The lowest BCUT2D eigenvalue weighted by Crippen LogP contribution is -2.09. The van der Waals surface area contributed by atoms with E-state index in [0.717, 1.165) is 10.6 Å². The van der Waals surface area contributed by atoms with E-state index < -0.39 is 5.97 Å². The maximum absolute atomic E-state index is 13.0. The van der Waals surface area contributed by atoms with E-state index in [-0.39, 0.29) is 23.7 Å². The number of rotatable bonds is 7. The maximum Gasteiger partial charge on any atom is 0.342 e. The molecular formula is C20H18FNO5S. The first-order chi connectivity index (χ1) is 13.6. The summed E-state index contributed by atoms with van der Waals surface area (Å²) in [6.45, 7) is -0.00593. The third-order valence-electron chi connectivity index (χ3n) is 3.92. The van der Waals surface area contributed by atoms with Crippen LogP contribution in [0.25, 0.3) is 10.6 Å². The van der Waals surface area contributed by atoms with Crippen molar-refractivity contribution in [1.82, 2.24) is 4.98 Å². The molecule has 28 heavy (non-hydrogen) atoms. The Balaban J connectivity index is 1.73. The van der Waals surface area contributed by atoms with Gasteiger partial charge in [0, 0.05) is 10.9 Å². The Labute approximate surface area is 165 Å². The SMILES string of the molecule is COc1ccc(C(=O)OCc2csc(-c3ccc(F)cc3)n2)c(OC)c1OC. The molecule has 0 spiro atoms. The van der Waals surface area contributed by atoms with Crippen molar-refractivity contribution in [2.24, 2.45) is 0 Å². The van der Waals surface area contributed by atoms with Crippen LogP contribution < -0.4 is 14.2 Å². The summed E-state index contributed by atoms with van der Waals surface area (Å²) in [5.41, 5.74) is 1.61. The zero-order valence-electron chi connectivity index (χ0n) is 15.5. The Kier molecular flexibility index (Phi) is 6.10. The van der Waals surface area contributed by atoms with E-state index in [9.17, 15) is 9.18 Å². The van der Waals surface area contributed by atoms with E-state index in [0.29, 0.717) is 17.2 Å². The average Bonchev–Trinajstić information content (AvgIpc) is 3.20. The molecule has 0 aliphatic carbocycles. The van der Waals surface area contributed by atoms with Gasteiger partial charge in [-0.2, -0.15) is 0 Å². The first-order valence-electron chi connectivity index (χ1n) is 8.23. The second kappa shape index (κ2) is 8.71. The van der Waals surface area contributed by atoms with Crippen LogP contribution in [0.3, 0.4) is 0 Å². The summed E-state index contributed by atoms with van der Waals surface area (Å²) in [5.74, 6) is 0.107. The van der Waals surface area contributed by atoms with Crippen molar-refractivity contribution in [2.45, 2.75) is 6.61 Å². The van der Waals surface area contributed by atoms with E-state index in [4.69, 9.17) is 18.9 Å². The average molecular weight is 403 g/mol. The number of esters is 1. The summed E-state index contributed by atoms with van der Waals surface area (Å²) in [6.07, 6.45) is 0. The van der Waals surface area contributed by atoms with Gasteiger partial charge in [-0.05, 0) is 36.4 Å². The summed E-state index contributed by atoms with van der Waals surface area (Å²) in [7, 11) is 4.39. The van der Waals surface area contributed by atoms with E-state index in [1.165, 1.54) is 44.8 Å². The molecule has 0 saturated heterocycles. The fourth-order valence-electron chi connectivity index (χ4n) is 2.58. The lowest BCUT2D eigenvalue weighted by Gasteiger charge is -2.14. The van der Waals surface area contributed by atoms with Crippen molar-refractivity contribution in [1.29, 1.82) is 0 Å². The number of thiazole rings is 1. The molecule has 3 rings (SSSR count). The van der Waals surface area contributed by atoms with E-state index in [1.807, 2.05) is 0 Å². The highest BCUT2D eigenvalue weighted by molar-refractivity contribution is 7.13. The number of ether oxygens (including phenoxy) is 4. The Morgan fingerprint density at radius 2 is 1.71 bits per heavy atom. The molecule has 1 aromatic heterocycles. The summed E-state index contributed by atoms with van der Waals surface area (Å²) >= 11 is 1.39. The van der Waals surface area contributed by atoms with Gasteiger partial charge in [0.15, 0.2) is 11.5 Å². The quantitative estimate of drug-likeness (QED) is 0.547. The fraction of sp³-hybridized carbons (Fsp3) is 0.200. The van der Waals surface area contributed by atoms with Crippen LogP contribution >= 0.6 is 11.3 Å². The number of aromatic nitrogens is 1. The highest BCUT2D eigenvalue weighted by atomic mass is 32.1. The lowest BCUT2D eigenvalue weighted by molar-refractivity contribution is 0.0464. The third kappa shape index (κ3) is 4.07. The summed E-state index contributed by atoms with van der Waals surface area (Å²) < 4.78 is 34.2. The van der Waals surface area contributed by atoms with Crippen molar-refractivity contribution < 1.29 is 28.1 Å². The van der Waals surface area contributed by atoms with E-state index in [2.05, 4.69) is 4.98 Å². The molecule has 0 bridgehead atoms. The second-order valence-corrected chi connectivity index (χ2v) is 6.47. The first kappa shape index (κ1) is 19.6. The molecule has 0 aliphatic rings. The molecule has 6 nitrogen and oxygen atoms in total. The van der Waals surface area contributed by atoms with Gasteiger partial charge in [-0.3, -0.25) is 0 Å². The fourth-order valence-corrected chi connectivity index (χ4v) is 3.39. The van der Waals surface area contributed by atoms with Gasteiger partial charge in [-0.1, -0.05) is 0 Å². The minimum absolute atomic E-state index is 0.00593. The minimum atomic E-state index is -0.575. The molecule has 0 unspecified atom stereocenters. The van der Waals surface area contributed by atoms with Gasteiger partial charge < -0.3 is 18.9 Å². The van der Waals surface area contributed by atoms with Crippen LogP contribution in [0.5, 0.6) is 17.2 Å². The van der Waals surface area contributed by atoms with Crippen molar-refractivity contribution >= 4 is 17.3 Å². The van der Waals surface area contributed by atoms with Crippen LogP contribution in [0.2, 0.25) is 0 Å². The summed E-state index contributed by atoms with van der Waals surface area (Å²) in [5, 5.41) is 2.51. The topological polar surface area (TPSA) is 66.9 Å². The van der Waals surface area contributed by atoms with Crippen molar-refractivity contribution in [2.75, 3.05) is 21.3 Å². The third-order valence-corrected chi connectivity index (χ3v) is 4.86. The number of carbonyl (C=O) groups excluding carboxylic acids is 1. The smallest absolute Gasteiger partial charge is 0.342 e. The van der Waals surface area contributed by atoms with Gasteiger partial charge in [-0.25, -0.2) is 14.2 Å². The molecule has 146 valence electrons. The van der Waals surface area contributed by atoms with Crippen molar-refractivity contribution in [3.05, 3.63) is 58.9 Å². The van der Waals surface area contributed by atoms with E-state index >= 15 is 0 Å². The minimum Gasteiger partial charge on any atom is -0.493 e. The number of hydrogen-bond donors (Lipinski definition) is 0. The number of hydrogen-bond acceptors (Lipinski definition) is 7. The second-order valence-electron chi connectivity index (χ2n) is 5.61. The largest absolute Gasteiger partial charge is 0.493 e. The zero-order valence-corrected chi connectivity index (χ0v) is 16.3. The van der Waals surface area contributed by atoms with Gasteiger partial charge >= 0.3 is 5.97 Å². The van der Waals surface area contributed by atoms with Crippen LogP contribution in [0.1, 0.15) is 16.1 Å². The Morgan fingerprint density at radius 3 is 2.36 bits per heavy atom. The van der Waals surface area contributed by atoms with Crippen molar-refractivity contribution in [3.63, 3.8) is 0 Å². The molecule has 0 amide bonds. The van der Waals surface area contributed by atoms with Gasteiger partial charge in [0.25, 0.3) is 0 Å². The standard InChI is InChI=1S/C20H18FNO5S/c1-24-16-9-8-15(17(25-2)18(16)26-3)20(23)27-10-14-11-28-19(22-14)12-4-6-13(21)7-5-12/h4-9,11H,10H2,1-3H3. The molecular weight excluding hydrogens is 385 g/mol. The molecule has 1 heterocycles. The number of carbonyl (C=O) groups is 1. The maximum atomic E-state index is 13.0. The zero-order chi connectivity index (χ0) is 20.1. The van der Waals surface area contributed by atoms with Crippen LogP contribution in [-0.2, 0) is 11.3 Å². The normalized spacial score (nSPS) is 10.4. The molecule has 3 aromatic rings. The predicted octanol–water partition coefficient (Wildman–Crippen LogP) is 4.33. The monoisotopic (exact) mass is 403 g/mol. The van der Waals surface area contributed by atoms with Crippen molar-refractivity contribution in [3.8, 4) is 27.8 Å². The van der Waals surface area contributed by atoms with Crippen LogP contribution in [0, 0.1) is 5.82 Å². The molecule has 0 N–H and O–H groups in total. The van der Waals surface area contributed by atoms with Crippen LogP contribution in [-0.4, -0.2) is 32.3 Å². The molecule has 0 atom stereocenters. The van der Waals surface area contributed by atoms with Crippen LogP contribution in [0.15, 0.2) is 41.8 Å². The first-order valence-corrected chi connectivity index (χ1v) is 9.11. The summed E-state index contributed by atoms with van der Waals surface area (Å²) in [6, 6.07) is 9.21. The lowest BCUT2D eigenvalue weighted by atomic mass is 10.1. The number of methoxy groups -OCH3 is 3. The molecule has 0 radical (unpaired) electrons. The number of halogens is 1. The number of nitrogens with zero attached hydrogens (tertiary/aromatic N) is 1. The van der Waals surface area contributed by atoms with Gasteiger partial charge in [0.1, 0.15) is 23.0 Å². The molecule has 0 saturated carbocycles. The van der Waals surface area contributed by atoms with Gasteiger partial charge in [0.05, 0.1) is 27.0 Å². The summed E-state index contributed by atoms with van der Waals surface area (Å²) in [4.78, 5) is 16.9. The predicted molar refractivity (Wildman–Crippen MR) is 103 cm³/mol. The van der Waals surface area contributed by atoms with E-state index in [1.54, 1.807) is 29.6 Å². The Bertz CT molecular complexity index is 971. The highest BCUT2D eigenvalue weighted by Gasteiger charge is 2.22. The number of benzene rings is 2. The Morgan fingerprint density at radius 1 is 1.00 bits per heavy atom. The molecule has 2 aromatic carbocycles.